The van der Waals surface area contributed by atoms with Crippen LogP contribution in [0.2, 0.25) is 5.02 Å². The van der Waals surface area contributed by atoms with Crippen molar-refractivity contribution in [3.05, 3.63) is 39.7 Å². The summed E-state index contributed by atoms with van der Waals surface area (Å²) in [6, 6.07) is 4.93. The maximum atomic E-state index is 12.9. The third-order valence-corrected chi connectivity index (χ3v) is 5.33. The van der Waals surface area contributed by atoms with Gasteiger partial charge in [-0.1, -0.05) is 11.6 Å². The number of carbonyl (C=O) groups excluding carboxylic acids is 2. The van der Waals surface area contributed by atoms with E-state index in [0.29, 0.717) is 54.0 Å². The second-order valence-electron chi connectivity index (χ2n) is 6.72. The molecular weight excluding hydrogens is 438 g/mol. The Bertz CT molecular complexity index is 894. The normalized spacial score (nSPS) is 17.9. The molecule has 4 rings (SSSR count). The Kier molecular flexibility index (Phi) is 4.92. The predicted molar refractivity (Wildman–Crippen MR) is 101 cm³/mol. The van der Waals surface area contributed by atoms with Gasteiger partial charge in [0.25, 0.3) is 5.91 Å². The van der Waals surface area contributed by atoms with Crippen LogP contribution >= 0.6 is 27.5 Å². The number of ether oxygens (including phenoxy) is 1. The first-order chi connectivity index (χ1) is 13.0. The highest BCUT2D eigenvalue weighted by atomic mass is 79.9. The number of carbonyl (C=O) groups is 2. The largest absolute Gasteiger partial charge is 0.381 e. The van der Waals surface area contributed by atoms with Gasteiger partial charge >= 0.3 is 0 Å². The number of nitrogens with one attached hydrogen (secondary N) is 2. The molecule has 0 bridgehead atoms. The first-order valence-corrected chi connectivity index (χ1v) is 9.71. The number of pyridine rings is 1. The van der Waals surface area contributed by atoms with E-state index < -0.39 is 11.4 Å². The van der Waals surface area contributed by atoms with E-state index in [0.717, 1.165) is 0 Å². The summed E-state index contributed by atoms with van der Waals surface area (Å²) in [4.78, 5) is 29.6. The van der Waals surface area contributed by atoms with Gasteiger partial charge in [-0.2, -0.15) is 5.10 Å². The molecule has 0 unspecified atom stereocenters. The molecule has 2 aromatic heterocycles. The predicted octanol–water partition coefficient (Wildman–Crippen LogP) is 1.71. The molecule has 1 saturated heterocycles. The molecule has 142 valence electrons. The lowest BCUT2D eigenvalue weighted by molar-refractivity contribution is -0.125. The van der Waals surface area contributed by atoms with Crippen LogP contribution in [0, 0.1) is 5.92 Å². The molecule has 0 atom stereocenters. The maximum Gasteiger partial charge on any atom is 0.270 e. The standard InChI is InChI=1S/C17H17BrClN5O3/c18-13-6-12(24(23-13)14-11(19)2-1-5-20-14)15(25)22-17(3-4-17)16(26)21-7-10-8-27-9-10/h1-2,5-6,10H,3-4,7-9H2,(H,21,26)(H,22,25). The van der Waals surface area contributed by atoms with Gasteiger partial charge < -0.3 is 15.4 Å². The Hall–Kier alpha value is -1.97. The van der Waals surface area contributed by atoms with E-state index in [-0.39, 0.29) is 11.6 Å². The zero-order valence-electron chi connectivity index (χ0n) is 14.2. The van der Waals surface area contributed by atoms with E-state index in [1.54, 1.807) is 24.4 Å². The SMILES string of the molecule is O=C(NC1(C(=O)NCC2COC2)CC1)c1cc(Br)nn1-c1ncccc1Cl. The van der Waals surface area contributed by atoms with Gasteiger partial charge in [-0.25, -0.2) is 9.67 Å². The fourth-order valence-corrected chi connectivity index (χ4v) is 3.41. The highest BCUT2D eigenvalue weighted by Gasteiger charge is 2.51. The van der Waals surface area contributed by atoms with Crippen LogP contribution in [-0.2, 0) is 9.53 Å². The molecule has 2 aliphatic rings. The van der Waals surface area contributed by atoms with Crippen LogP contribution in [0.4, 0.5) is 0 Å². The van der Waals surface area contributed by atoms with Gasteiger partial charge in [0, 0.05) is 24.7 Å². The minimum atomic E-state index is -0.864. The van der Waals surface area contributed by atoms with Crippen molar-refractivity contribution < 1.29 is 14.3 Å². The van der Waals surface area contributed by atoms with Crippen LogP contribution in [0.25, 0.3) is 5.82 Å². The molecule has 1 aliphatic carbocycles. The summed E-state index contributed by atoms with van der Waals surface area (Å²) < 4.78 is 6.93. The van der Waals surface area contributed by atoms with E-state index in [1.807, 2.05) is 0 Å². The van der Waals surface area contributed by atoms with Crippen molar-refractivity contribution >= 4 is 39.3 Å². The molecule has 2 amide bonds. The van der Waals surface area contributed by atoms with Gasteiger partial charge in [0.05, 0.1) is 18.2 Å². The molecule has 10 heteroatoms. The lowest BCUT2D eigenvalue weighted by atomic mass is 10.1. The third-order valence-electron chi connectivity index (χ3n) is 4.65. The van der Waals surface area contributed by atoms with Crippen LogP contribution in [0.15, 0.2) is 29.0 Å². The van der Waals surface area contributed by atoms with Gasteiger partial charge in [-0.05, 0) is 40.9 Å². The van der Waals surface area contributed by atoms with Gasteiger partial charge in [0.2, 0.25) is 5.91 Å². The smallest absolute Gasteiger partial charge is 0.270 e. The highest BCUT2D eigenvalue weighted by molar-refractivity contribution is 9.10. The second-order valence-corrected chi connectivity index (χ2v) is 7.94. The van der Waals surface area contributed by atoms with E-state index in [4.69, 9.17) is 16.3 Å². The summed E-state index contributed by atoms with van der Waals surface area (Å²) in [5.74, 6) is 0.122. The van der Waals surface area contributed by atoms with E-state index in [1.165, 1.54) is 4.68 Å². The minimum absolute atomic E-state index is 0.163. The zero-order chi connectivity index (χ0) is 19.0. The van der Waals surface area contributed by atoms with Gasteiger partial charge in [0.15, 0.2) is 5.82 Å². The molecular formula is C17H17BrClN5O3. The molecule has 2 N–H and O–H groups in total. The molecule has 1 aliphatic heterocycles. The number of rotatable bonds is 6. The third kappa shape index (κ3) is 3.71. The Balaban J connectivity index is 1.50. The first-order valence-electron chi connectivity index (χ1n) is 8.53. The molecule has 2 aromatic rings. The summed E-state index contributed by atoms with van der Waals surface area (Å²) >= 11 is 9.46. The van der Waals surface area contributed by atoms with Crippen LogP contribution in [-0.4, -0.2) is 51.9 Å². The van der Waals surface area contributed by atoms with Crippen LogP contribution in [0.3, 0.4) is 0 Å². The maximum absolute atomic E-state index is 12.9. The fraction of sp³-hybridized carbons (Fsp3) is 0.412. The molecule has 2 fully saturated rings. The molecule has 3 heterocycles. The van der Waals surface area contributed by atoms with Crippen molar-refractivity contribution in [3.63, 3.8) is 0 Å². The first kappa shape index (κ1) is 18.4. The number of hydrogen-bond donors (Lipinski definition) is 2. The van der Waals surface area contributed by atoms with Crippen molar-refractivity contribution in [1.29, 1.82) is 0 Å². The van der Waals surface area contributed by atoms with Crippen molar-refractivity contribution in [2.75, 3.05) is 19.8 Å². The van der Waals surface area contributed by atoms with Gasteiger partial charge in [0.1, 0.15) is 15.8 Å². The Morgan fingerprint density at radius 2 is 2.19 bits per heavy atom. The Morgan fingerprint density at radius 1 is 1.41 bits per heavy atom. The number of hydrogen-bond acceptors (Lipinski definition) is 5. The molecule has 0 aromatic carbocycles. The Morgan fingerprint density at radius 3 is 2.81 bits per heavy atom. The van der Waals surface area contributed by atoms with E-state index >= 15 is 0 Å². The summed E-state index contributed by atoms with van der Waals surface area (Å²) in [6.45, 7) is 1.89. The quantitative estimate of drug-likeness (QED) is 0.692. The lowest BCUT2D eigenvalue weighted by Gasteiger charge is -2.27. The summed E-state index contributed by atoms with van der Waals surface area (Å²) in [7, 11) is 0. The fourth-order valence-electron chi connectivity index (χ4n) is 2.83. The molecule has 1 saturated carbocycles. The minimum Gasteiger partial charge on any atom is -0.381 e. The number of halogens is 2. The molecule has 8 nitrogen and oxygen atoms in total. The monoisotopic (exact) mass is 453 g/mol. The van der Waals surface area contributed by atoms with E-state index in [2.05, 4.69) is 36.6 Å². The average Bonchev–Trinajstić information content (AvgIpc) is 3.28. The number of aromatic nitrogens is 3. The van der Waals surface area contributed by atoms with Crippen LogP contribution in [0.5, 0.6) is 0 Å². The summed E-state index contributed by atoms with van der Waals surface area (Å²) in [5, 5.41) is 10.4. The summed E-state index contributed by atoms with van der Waals surface area (Å²) in [6.07, 6.45) is 2.77. The van der Waals surface area contributed by atoms with Crippen molar-refractivity contribution in [2.24, 2.45) is 5.92 Å². The lowest BCUT2D eigenvalue weighted by Crippen LogP contribution is -2.51. The van der Waals surface area contributed by atoms with Crippen molar-refractivity contribution in [2.45, 2.75) is 18.4 Å². The summed E-state index contributed by atoms with van der Waals surface area (Å²) in [5.41, 5.74) is -0.620. The molecule has 27 heavy (non-hydrogen) atoms. The van der Waals surface area contributed by atoms with Crippen LogP contribution < -0.4 is 10.6 Å². The average molecular weight is 455 g/mol. The highest BCUT2D eigenvalue weighted by Crippen LogP contribution is 2.36. The number of amides is 2. The Labute approximate surface area is 168 Å². The molecule has 0 spiro atoms. The number of nitrogens with zero attached hydrogens (tertiary/aromatic N) is 3. The van der Waals surface area contributed by atoms with Gasteiger partial charge in [-0.15, -0.1) is 0 Å². The molecule has 0 radical (unpaired) electrons. The zero-order valence-corrected chi connectivity index (χ0v) is 16.6. The van der Waals surface area contributed by atoms with Crippen molar-refractivity contribution in [1.82, 2.24) is 25.4 Å². The second kappa shape index (κ2) is 7.21. The van der Waals surface area contributed by atoms with E-state index in [9.17, 15) is 9.59 Å². The van der Waals surface area contributed by atoms with Crippen LogP contribution in [0.1, 0.15) is 23.3 Å². The topological polar surface area (TPSA) is 98.1 Å². The van der Waals surface area contributed by atoms with Gasteiger partial charge in [-0.3, -0.25) is 9.59 Å². The van der Waals surface area contributed by atoms with Crippen molar-refractivity contribution in [3.8, 4) is 5.82 Å².